The zero-order valence-corrected chi connectivity index (χ0v) is 13.1. The molecular weight excluding hydrogens is 262 g/mol. The van der Waals surface area contributed by atoms with Crippen LogP contribution < -0.4 is 14.8 Å². The molecule has 3 heteroatoms. The van der Waals surface area contributed by atoms with E-state index in [1.807, 2.05) is 18.2 Å². The highest BCUT2D eigenvalue weighted by Crippen LogP contribution is 2.30. The van der Waals surface area contributed by atoms with E-state index in [1.54, 1.807) is 14.2 Å². The average Bonchev–Trinajstić information content (AvgIpc) is 2.52. The van der Waals surface area contributed by atoms with Crippen molar-refractivity contribution in [2.75, 3.05) is 14.2 Å². The highest BCUT2D eigenvalue weighted by atomic mass is 16.5. The second-order valence-electron chi connectivity index (χ2n) is 5.34. The third-order valence-corrected chi connectivity index (χ3v) is 3.33. The Morgan fingerprint density at radius 2 is 1.57 bits per heavy atom. The SMILES string of the molecule is COc1cc(OC)cc(-c2cccc(CNC(C)C)c2)c1. The number of hydrogen-bond donors (Lipinski definition) is 1. The molecule has 0 aliphatic carbocycles. The van der Waals surface area contributed by atoms with Crippen LogP contribution in [0.15, 0.2) is 42.5 Å². The van der Waals surface area contributed by atoms with Crippen molar-refractivity contribution in [1.29, 1.82) is 0 Å². The smallest absolute Gasteiger partial charge is 0.123 e. The van der Waals surface area contributed by atoms with Gasteiger partial charge in [0.25, 0.3) is 0 Å². The lowest BCUT2D eigenvalue weighted by atomic mass is 10.0. The van der Waals surface area contributed by atoms with Gasteiger partial charge in [-0.1, -0.05) is 32.0 Å². The summed E-state index contributed by atoms with van der Waals surface area (Å²) in [5, 5.41) is 3.44. The quantitative estimate of drug-likeness (QED) is 0.874. The second kappa shape index (κ2) is 7.14. The van der Waals surface area contributed by atoms with Crippen LogP contribution in [0.3, 0.4) is 0 Å². The molecule has 0 heterocycles. The first-order valence-electron chi connectivity index (χ1n) is 7.18. The van der Waals surface area contributed by atoms with Gasteiger partial charge in [0.15, 0.2) is 0 Å². The third kappa shape index (κ3) is 4.23. The molecule has 0 spiro atoms. The summed E-state index contributed by atoms with van der Waals surface area (Å²) in [6.07, 6.45) is 0. The monoisotopic (exact) mass is 285 g/mol. The van der Waals surface area contributed by atoms with Crippen molar-refractivity contribution < 1.29 is 9.47 Å². The molecule has 0 aliphatic rings. The van der Waals surface area contributed by atoms with E-state index in [0.717, 1.165) is 29.2 Å². The van der Waals surface area contributed by atoms with Crippen molar-refractivity contribution in [2.24, 2.45) is 0 Å². The first-order valence-corrected chi connectivity index (χ1v) is 7.18. The van der Waals surface area contributed by atoms with Crippen molar-refractivity contribution in [1.82, 2.24) is 5.32 Å². The minimum atomic E-state index is 0.477. The fourth-order valence-electron chi connectivity index (χ4n) is 2.16. The van der Waals surface area contributed by atoms with Crippen LogP contribution in [-0.2, 0) is 6.54 Å². The first kappa shape index (κ1) is 15.4. The van der Waals surface area contributed by atoms with E-state index in [1.165, 1.54) is 5.56 Å². The van der Waals surface area contributed by atoms with Crippen LogP contribution in [0.25, 0.3) is 11.1 Å². The van der Waals surface area contributed by atoms with Crippen LogP contribution in [0.1, 0.15) is 19.4 Å². The van der Waals surface area contributed by atoms with Gasteiger partial charge in [0.05, 0.1) is 14.2 Å². The van der Waals surface area contributed by atoms with E-state index in [4.69, 9.17) is 9.47 Å². The van der Waals surface area contributed by atoms with Gasteiger partial charge in [-0.2, -0.15) is 0 Å². The standard InChI is InChI=1S/C18H23NO2/c1-13(2)19-12-14-6-5-7-15(8-14)16-9-17(20-3)11-18(10-16)21-4/h5-11,13,19H,12H2,1-4H3. The summed E-state index contributed by atoms with van der Waals surface area (Å²) < 4.78 is 10.7. The number of methoxy groups -OCH3 is 2. The zero-order chi connectivity index (χ0) is 15.2. The van der Waals surface area contributed by atoms with Crippen LogP contribution in [0.5, 0.6) is 11.5 Å². The number of benzene rings is 2. The lowest BCUT2D eigenvalue weighted by Crippen LogP contribution is -2.21. The minimum Gasteiger partial charge on any atom is -0.497 e. The summed E-state index contributed by atoms with van der Waals surface area (Å²) in [7, 11) is 3.34. The molecule has 21 heavy (non-hydrogen) atoms. The van der Waals surface area contributed by atoms with Gasteiger partial charge in [0.2, 0.25) is 0 Å². The number of nitrogens with one attached hydrogen (secondary N) is 1. The van der Waals surface area contributed by atoms with Crippen LogP contribution in [0, 0.1) is 0 Å². The summed E-state index contributed by atoms with van der Waals surface area (Å²) in [5.41, 5.74) is 3.52. The van der Waals surface area contributed by atoms with Crippen LogP contribution in [-0.4, -0.2) is 20.3 Å². The fraction of sp³-hybridized carbons (Fsp3) is 0.333. The lowest BCUT2D eigenvalue weighted by Gasteiger charge is -2.11. The Bertz CT molecular complexity index is 571. The minimum absolute atomic E-state index is 0.477. The first-order chi connectivity index (χ1) is 10.1. The maximum absolute atomic E-state index is 5.34. The fourth-order valence-corrected chi connectivity index (χ4v) is 2.16. The van der Waals surface area contributed by atoms with Gasteiger partial charge < -0.3 is 14.8 Å². The summed E-state index contributed by atoms with van der Waals surface area (Å²) in [4.78, 5) is 0. The molecule has 0 aliphatic heterocycles. The Labute approximate surface area is 126 Å². The highest BCUT2D eigenvalue weighted by Gasteiger charge is 2.05. The molecule has 1 N–H and O–H groups in total. The average molecular weight is 285 g/mol. The topological polar surface area (TPSA) is 30.5 Å². The van der Waals surface area contributed by atoms with Crippen LogP contribution in [0.2, 0.25) is 0 Å². The van der Waals surface area contributed by atoms with E-state index < -0.39 is 0 Å². The molecule has 2 aromatic carbocycles. The number of ether oxygens (including phenoxy) is 2. The Balaban J connectivity index is 2.30. The van der Waals surface area contributed by atoms with Crippen molar-refractivity contribution in [2.45, 2.75) is 26.4 Å². The maximum atomic E-state index is 5.34. The van der Waals surface area contributed by atoms with Gasteiger partial charge in [0, 0.05) is 18.7 Å². The summed E-state index contributed by atoms with van der Waals surface area (Å²) >= 11 is 0. The second-order valence-corrected chi connectivity index (χ2v) is 5.34. The molecule has 2 rings (SSSR count). The molecule has 3 nitrogen and oxygen atoms in total. The maximum Gasteiger partial charge on any atom is 0.123 e. The number of hydrogen-bond acceptors (Lipinski definition) is 3. The van der Waals surface area contributed by atoms with Gasteiger partial charge in [-0.15, -0.1) is 0 Å². The zero-order valence-electron chi connectivity index (χ0n) is 13.1. The van der Waals surface area contributed by atoms with Crippen molar-refractivity contribution in [3.63, 3.8) is 0 Å². The van der Waals surface area contributed by atoms with E-state index in [9.17, 15) is 0 Å². The molecule has 0 unspecified atom stereocenters. The summed E-state index contributed by atoms with van der Waals surface area (Å²) in [6, 6.07) is 14.9. The lowest BCUT2D eigenvalue weighted by molar-refractivity contribution is 0.394. The molecule has 0 amide bonds. The number of rotatable bonds is 6. The van der Waals surface area contributed by atoms with Gasteiger partial charge in [-0.25, -0.2) is 0 Å². The molecule has 0 bridgehead atoms. The van der Waals surface area contributed by atoms with E-state index in [-0.39, 0.29) is 0 Å². The predicted molar refractivity (Wildman–Crippen MR) is 87.0 cm³/mol. The molecular formula is C18H23NO2. The Kier molecular flexibility index (Phi) is 5.23. The highest BCUT2D eigenvalue weighted by molar-refractivity contribution is 5.68. The summed E-state index contributed by atoms with van der Waals surface area (Å²) in [6.45, 7) is 5.17. The van der Waals surface area contributed by atoms with E-state index in [2.05, 4.69) is 43.4 Å². The Morgan fingerprint density at radius 1 is 0.905 bits per heavy atom. The molecule has 2 aromatic rings. The third-order valence-electron chi connectivity index (χ3n) is 3.33. The van der Waals surface area contributed by atoms with Crippen molar-refractivity contribution >= 4 is 0 Å². The summed E-state index contributed by atoms with van der Waals surface area (Å²) in [5.74, 6) is 1.60. The normalized spacial score (nSPS) is 10.7. The largest absolute Gasteiger partial charge is 0.497 e. The molecule has 0 saturated carbocycles. The predicted octanol–water partition coefficient (Wildman–Crippen LogP) is 3.87. The Hall–Kier alpha value is -2.00. The molecule has 112 valence electrons. The molecule has 0 atom stereocenters. The molecule has 0 aromatic heterocycles. The van der Waals surface area contributed by atoms with Crippen LogP contribution in [0.4, 0.5) is 0 Å². The molecule has 0 radical (unpaired) electrons. The van der Waals surface area contributed by atoms with Gasteiger partial charge >= 0.3 is 0 Å². The van der Waals surface area contributed by atoms with Crippen molar-refractivity contribution in [3.8, 4) is 22.6 Å². The Morgan fingerprint density at radius 3 is 2.14 bits per heavy atom. The van der Waals surface area contributed by atoms with Crippen LogP contribution >= 0.6 is 0 Å². The van der Waals surface area contributed by atoms with E-state index >= 15 is 0 Å². The molecule has 0 saturated heterocycles. The molecule has 0 fully saturated rings. The van der Waals surface area contributed by atoms with Gasteiger partial charge in [-0.3, -0.25) is 0 Å². The van der Waals surface area contributed by atoms with E-state index in [0.29, 0.717) is 6.04 Å². The van der Waals surface area contributed by atoms with Gasteiger partial charge in [0.1, 0.15) is 11.5 Å². The van der Waals surface area contributed by atoms with Gasteiger partial charge in [-0.05, 0) is 34.9 Å². The van der Waals surface area contributed by atoms with Crippen molar-refractivity contribution in [3.05, 3.63) is 48.0 Å².